The van der Waals surface area contributed by atoms with Crippen LogP contribution in [0.5, 0.6) is 0 Å². The van der Waals surface area contributed by atoms with Crippen molar-refractivity contribution < 1.29 is 48.3 Å². The number of aromatic nitrogens is 1. The molecule has 14 heteroatoms. The number of pyridine rings is 1. The maximum atomic E-state index is 15.0. The van der Waals surface area contributed by atoms with Crippen molar-refractivity contribution in [2.75, 3.05) is 6.54 Å². The number of likely N-dealkylation sites (tertiary alicyclic amines) is 1. The van der Waals surface area contributed by atoms with Crippen LogP contribution in [0.25, 0.3) is 0 Å². The minimum absolute atomic E-state index is 0.0113. The first-order chi connectivity index (χ1) is 21.0. The van der Waals surface area contributed by atoms with Crippen LogP contribution < -0.4 is 0 Å². The molecule has 0 spiro atoms. The van der Waals surface area contributed by atoms with Crippen LogP contribution in [0, 0.1) is 11.7 Å². The van der Waals surface area contributed by atoms with Crippen molar-refractivity contribution in [1.82, 2.24) is 9.88 Å². The smallest absolute Gasteiger partial charge is 0.339 e. The molecule has 1 unspecified atom stereocenters. The fourth-order valence-corrected chi connectivity index (χ4v) is 10.1. The summed E-state index contributed by atoms with van der Waals surface area (Å²) in [6, 6.07) is 8.43. The molecule has 1 saturated carbocycles. The van der Waals surface area contributed by atoms with E-state index in [1.54, 1.807) is 29.4 Å². The summed E-state index contributed by atoms with van der Waals surface area (Å²) >= 11 is 0. The van der Waals surface area contributed by atoms with Crippen molar-refractivity contribution >= 4 is 15.7 Å². The predicted molar refractivity (Wildman–Crippen MR) is 145 cm³/mol. The standard InChI is InChI=1S/C31H26F8N2O3S/c32-21-3-5-22(6-4-21)45(43,44)28-13-9-26(41-16-12-23(27(41)42)18-10-14-40-15-11-18)25(28)7-1-19-17-20(2-8-24(19)28)29(33,30(34,35)36)31(37,38)39/h2-6,8,10-11,14-15,17,23,25-26H,1,7,9,12-13,16H2/t23?,25-,26+,28+/m0/s1. The number of alkyl halides is 7. The maximum Gasteiger partial charge on any atom is 0.435 e. The van der Waals surface area contributed by atoms with Gasteiger partial charge in [-0.05, 0) is 85.2 Å². The largest absolute Gasteiger partial charge is 0.435 e. The summed E-state index contributed by atoms with van der Waals surface area (Å²) in [5, 5.41) is 0. The predicted octanol–water partition coefficient (Wildman–Crippen LogP) is 6.92. The monoisotopic (exact) mass is 658 g/mol. The maximum absolute atomic E-state index is 15.0. The van der Waals surface area contributed by atoms with Crippen molar-refractivity contribution in [3.8, 4) is 0 Å². The second-order valence-electron chi connectivity index (χ2n) is 11.8. The van der Waals surface area contributed by atoms with Crippen LogP contribution in [-0.4, -0.2) is 49.1 Å². The Bertz CT molecular complexity index is 1710. The minimum Gasteiger partial charge on any atom is -0.339 e. The molecule has 0 N–H and O–H groups in total. The average molecular weight is 659 g/mol. The molecule has 4 atom stereocenters. The topological polar surface area (TPSA) is 67.3 Å². The second kappa shape index (κ2) is 10.5. The van der Waals surface area contributed by atoms with Gasteiger partial charge in [-0.15, -0.1) is 0 Å². The van der Waals surface area contributed by atoms with Crippen LogP contribution in [0.3, 0.4) is 0 Å². The summed E-state index contributed by atoms with van der Waals surface area (Å²) in [5.74, 6) is -2.23. The van der Waals surface area contributed by atoms with E-state index in [9.17, 15) is 43.9 Å². The SMILES string of the molecule is O=C1C(c2ccncc2)CCN1[C@@H]1CC[C@@]2(S(=O)(=O)c3ccc(F)cc3)c3ccc(C(F)(C(F)(F)F)C(F)(F)F)cc3CC[C@@H]12. The molecule has 0 radical (unpaired) electrons. The number of fused-ring (bicyclic) bond motifs is 3. The lowest BCUT2D eigenvalue weighted by Crippen LogP contribution is -2.51. The number of amides is 1. The van der Waals surface area contributed by atoms with Gasteiger partial charge in [0, 0.05) is 36.5 Å². The number of benzene rings is 2. The van der Waals surface area contributed by atoms with Gasteiger partial charge in [-0.3, -0.25) is 9.78 Å². The zero-order valence-corrected chi connectivity index (χ0v) is 24.2. The van der Waals surface area contributed by atoms with Crippen molar-refractivity contribution in [3.05, 3.63) is 95.1 Å². The highest BCUT2D eigenvalue weighted by Gasteiger charge is 2.74. The molecule has 45 heavy (non-hydrogen) atoms. The van der Waals surface area contributed by atoms with Crippen molar-refractivity contribution in [1.29, 1.82) is 0 Å². The van der Waals surface area contributed by atoms with Crippen molar-refractivity contribution in [2.24, 2.45) is 5.92 Å². The number of aryl methyl sites for hydroxylation is 1. The van der Waals surface area contributed by atoms with Gasteiger partial charge in [-0.25, -0.2) is 17.2 Å². The Morgan fingerprint density at radius 1 is 0.844 bits per heavy atom. The lowest BCUT2D eigenvalue weighted by molar-refractivity contribution is -0.348. The molecular formula is C31H26F8N2O3S. The molecule has 2 aromatic carbocycles. The van der Waals surface area contributed by atoms with E-state index in [2.05, 4.69) is 4.98 Å². The highest BCUT2D eigenvalue weighted by molar-refractivity contribution is 7.92. The van der Waals surface area contributed by atoms with Crippen molar-refractivity contribution in [3.63, 3.8) is 0 Å². The number of hydrogen-bond donors (Lipinski definition) is 0. The number of sulfone groups is 1. The van der Waals surface area contributed by atoms with E-state index < -0.39 is 61.9 Å². The number of halogens is 8. The van der Waals surface area contributed by atoms with Crippen LogP contribution in [0.2, 0.25) is 0 Å². The Labute approximate surface area is 253 Å². The molecule has 0 bridgehead atoms. The van der Waals surface area contributed by atoms with Crippen LogP contribution in [0.1, 0.15) is 53.9 Å². The molecule has 1 aromatic heterocycles. The first-order valence-electron chi connectivity index (χ1n) is 14.2. The first-order valence-corrected chi connectivity index (χ1v) is 15.7. The number of carbonyl (C=O) groups excluding carboxylic acids is 1. The van der Waals surface area contributed by atoms with Crippen LogP contribution in [0.15, 0.2) is 71.9 Å². The lowest BCUT2D eigenvalue weighted by atomic mass is 9.73. The molecule has 2 fully saturated rings. The molecule has 2 aliphatic carbocycles. The van der Waals surface area contributed by atoms with Gasteiger partial charge >= 0.3 is 18.0 Å². The van der Waals surface area contributed by atoms with Crippen LogP contribution in [-0.2, 0) is 31.5 Å². The third-order valence-electron chi connectivity index (χ3n) is 9.69. The van der Waals surface area contributed by atoms with Gasteiger partial charge < -0.3 is 4.90 Å². The Balaban J connectivity index is 1.48. The number of carbonyl (C=O) groups is 1. The molecule has 6 rings (SSSR count). The molecule has 5 nitrogen and oxygen atoms in total. The summed E-state index contributed by atoms with van der Waals surface area (Å²) in [5.41, 5.74) is -6.84. The van der Waals surface area contributed by atoms with Gasteiger partial charge in [0.25, 0.3) is 0 Å². The van der Waals surface area contributed by atoms with Gasteiger partial charge in [0.05, 0.1) is 10.8 Å². The Morgan fingerprint density at radius 2 is 1.49 bits per heavy atom. The molecule has 1 amide bonds. The highest BCUT2D eigenvalue weighted by Crippen LogP contribution is 2.60. The molecule has 1 aliphatic heterocycles. The highest BCUT2D eigenvalue weighted by atomic mass is 32.2. The molecule has 3 aliphatic rings. The van der Waals surface area contributed by atoms with E-state index in [1.165, 1.54) is 0 Å². The minimum atomic E-state index is -6.34. The van der Waals surface area contributed by atoms with Crippen molar-refractivity contribution in [2.45, 2.75) is 71.7 Å². The van der Waals surface area contributed by atoms with E-state index >= 15 is 4.39 Å². The zero-order chi connectivity index (χ0) is 32.6. The summed E-state index contributed by atoms with van der Waals surface area (Å²) in [7, 11) is -4.49. The number of rotatable bonds is 5. The van der Waals surface area contributed by atoms with Gasteiger partial charge in [-0.2, -0.15) is 26.3 Å². The number of hydrogen-bond acceptors (Lipinski definition) is 4. The normalized spacial score (nSPS) is 25.7. The molecule has 240 valence electrons. The number of nitrogens with zero attached hydrogens (tertiary/aromatic N) is 2. The van der Waals surface area contributed by atoms with Crippen LogP contribution in [0.4, 0.5) is 35.1 Å². The Morgan fingerprint density at radius 3 is 2.11 bits per heavy atom. The fraction of sp³-hybridized carbons (Fsp3) is 0.419. The van der Waals surface area contributed by atoms with E-state index in [-0.39, 0.29) is 47.6 Å². The summed E-state index contributed by atoms with van der Waals surface area (Å²) in [4.78, 5) is 19.0. The van der Waals surface area contributed by atoms with Gasteiger partial charge in [-0.1, -0.05) is 18.2 Å². The quantitative estimate of drug-likeness (QED) is 0.221. The second-order valence-corrected chi connectivity index (χ2v) is 14.0. The van der Waals surface area contributed by atoms with E-state index in [1.807, 2.05) is 0 Å². The van der Waals surface area contributed by atoms with E-state index in [4.69, 9.17) is 0 Å². The summed E-state index contributed by atoms with van der Waals surface area (Å²) in [6.07, 6.45) is -9.21. The molecule has 2 heterocycles. The third kappa shape index (κ3) is 4.57. The molecular weight excluding hydrogens is 632 g/mol. The molecule has 1 saturated heterocycles. The zero-order valence-electron chi connectivity index (χ0n) is 23.4. The van der Waals surface area contributed by atoms with Crippen LogP contribution >= 0.6 is 0 Å². The van der Waals surface area contributed by atoms with E-state index in [0.29, 0.717) is 25.1 Å². The van der Waals surface area contributed by atoms with Gasteiger partial charge in [0.15, 0.2) is 9.84 Å². The fourth-order valence-electron chi connectivity index (χ4n) is 7.66. The Hall–Kier alpha value is -3.55. The Kier molecular flexibility index (Phi) is 7.33. The summed E-state index contributed by atoms with van der Waals surface area (Å²) in [6.45, 7) is 0.312. The van der Waals surface area contributed by atoms with E-state index in [0.717, 1.165) is 35.9 Å². The molecule has 3 aromatic rings. The third-order valence-corrected chi connectivity index (χ3v) is 12.3. The average Bonchev–Trinajstić information content (AvgIpc) is 3.57. The summed E-state index contributed by atoms with van der Waals surface area (Å²) < 4.78 is 138. The first kappa shape index (κ1) is 31.4. The van der Waals surface area contributed by atoms with Gasteiger partial charge in [0.2, 0.25) is 5.91 Å². The van der Waals surface area contributed by atoms with Gasteiger partial charge in [0.1, 0.15) is 10.6 Å². The lowest BCUT2D eigenvalue weighted by Gasteiger charge is -2.44.